The van der Waals surface area contributed by atoms with E-state index in [4.69, 9.17) is 21.1 Å². The Morgan fingerprint density at radius 3 is 2.43 bits per heavy atom. The van der Waals surface area contributed by atoms with Crippen LogP contribution in [0.15, 0.2) is 52.4 Å². The van der Waals surface area contributed by atoms with Crippen molar-refractivity contribution in [1.82, 2.24) is 0 Å². The molecule has 37 heavy (non-hydrogen) atoms. The molecule has 0 fully saturated rings. The van der Waals surface area contributed by atoms with E-state index < -0.39 is 41.2 Å². The monoisotopic (exact) mass is 545 g/mol. The Kier molecular flexibility index (Phi) is 8.06. The number of ether oxygens (including phenoxy) is 2. The molecule has 2 heterocycles. The Balaban J connectivity index is 1.43. The number of hydrogen-bond acceptors (Lipinski definition) is 4. The van der Waals surface area contributed by atoms with Crippen molar-refractivity contribution in [3.05, 3.63) is 69.7 Å². The lowest BCUT2D eigenvalue weighted by Gasteiger charge is -2.22. The topological polar surface area (TPSA) is 43.2 Å². The van der Waals surface area contributed by atoms with E-state index in [2.05, 4.69) is 23.3 Å². The van der Waals surface area contributed by atoms with E-state index in [1.165, 1.54) is 0 Å². The van der Waals surface area contributed by atoms with E-state index >= 15 is 0 Å². The summed E-state index contributed by atoms with van der Waals surface area (Å²) in [6.07, 6.45) is -6.30. The zero-order valence-corrected chi connectivity index (χ0v) is 20.5. The zero-order valence-electron chi connectivity index (χ0n) is 19.7. The molecule has 4 rings (SSSR count). The molecule has 4 atom stereocenters. The minimum atomic E-state index is -4.77. The highest BCUT2D eigenvalue weighted by Crippen LogP contribution is 2.37. The molecular weight excluding hydrogens is 522 g/mol. The first-order valence-electron chi connectivity index (χ1n) is 11.8. The summed E-state index contributed by atoms with van der Waals surface area (Å²) in [5.74, 6) is 0.436. The van der Waals surface area contributed by atoms with Gasteiger partial charge in [-0.2, -0.15) is 26.3 Å². The average Bonchev–Trinajstić information content (AvgIpc) is 3.49. The number of hydrogen-bond donors (Lipinski definition) is 0. The molecule has 2 aromatic carbocycles. The fraction of sp³-hybridized carbons (Fsp3) is 0.462. The molecule has 2 aliphatic heterocycles. The van der Waals surface area contributed by atoms with Crippen molar-refractivity contribution in [1.29, 1.82) is 0 Å². The Bertz CT molecular complexity index is 1150. The third-order valence-electron chi connectivity index (χ3n) is 6.57. The second-order valence-corrected chi connectivity index (χ2v) is 9.49. The lowest BCUT2D eigenvalue weighted by molar-refractivity contribution is -0.141. The van der Waals surface area contributed by atoms with Gasteiger partial charge in [0.25, 0.3) is 6.40 Å². The van der Waals surface area contributed by atoms with E-state index in [1.807, 2.05) is 24.3 Å². The summed E-state index contributed by atoms with van der Waals surface area (Å²) in [4.78, 5) is 8.76. The predicted molar refractivity (Wildman–Crippen MR) is 127 cm³/mol. The third kappa shape index (κ3) is 6.58. The molecule has 0 spiro atoms. The smallest absolute Gasteiger partial charge is 0.416 e. The maximum absolute atomic E-state index is 13.4. The number of nitrogens with zero attached hydrogens (tertiary/aromatic N) is 2. The molecule has 2 aromatic rings. The number of rotatable bonds is 8. The van der Waals surface area contributed by atoms with Gasteiger partial charge in [0.05, 0.1) is 17.2 Å². The van der Waals surface area contributed by atoms with Gasteiger partial charge in [0, 0.05) is 5.02 Å². The van der Waals surface area contributed by atoms with Crippen molar-refractivity contribution in [2.45, 2.75) is 69.1 Å². The molecule has 0 aliphatic carbocycles. The van der Waals surface area contributed by atoms with Gasteiger partial charge in [0.1, 0.15) is 12.6 Å². The number of halogens is 7. The third-order valence-corrected chi connectivity index (χ3v) is 6.82. The lowest BCUT2D eigenvalue weighted by Crippen LogP contribution is -2.32. The minimum absolute atomic E-state index is 0.0816. The molecule has 0 saturated carbocycles. The Hall–Kier alpha value is -2.75. The first-order chi connectivity index (χ1) is 17.5. The van der Waals surface area contributed by atoms with Crippen molar-refractivity contribution >= 4 is 23.9 Å². The van der Waals surface area contributed by atoms with Crippen LogP contribution in [0.4, 0.5) is 26.3 Å². The largest absolute Gasteiger partial charge is 0.476 e. The van der Waals surface area contributed by atoms with Gasteiger partial charge in [-0.3, -0.25) is 0 Å². The van der Waals surface area contributed by atoms with Crippen molar-refractivity contribution in [2.75, 3.05) is 6.61 Å². The molecule has 0 amide bonds. The van der Waals surface area contributed by atoms with Gasteiger partial charge in [0.2, 0.25) is 5.90 Å². The second-order valence-electron chi connectivity index (χ2n) is 9.06. The average molecular weight is 546 g/mol. The molecule has 199 valence electrons. The molecule has 4 unspecified atom stereocenters. The van der Waals surface area contributed by atoms with E-state index in [9.17, 15) is 26.3 Å². The quantitative estimate of drug-likeness (QED) is 0.325. The van der Waals surface area contributed by atoms with Gasteiger partial charge in [-0.15, -0.1) is 0 Å². The molecule has 0 bridgehead atoms. The SMILES string of the molecule is CCC(CC1N=[C]OC1C1=NC(CCc2cc(C(F)(F)F)ccc2C(F)(F)F)CO1)c1ccc(Cl)cc1. The minimum Gasteiger partial charge on any atom is -0.476 e. The van der Waals surface area contributed by atoms with Gasteiger partial charge in [-0.05, 0) is 73.1 Å². The lowest BCUT2D eigenvalue weighted by atomic mass is 9.88. The number of aliphatic imine (C=N–C) groups is 2. The van der Waals surface area contributed by atoms with Crippen molar-refractivity contribution < 1.29 is 35.8 Å². The Morgan fingerprint density at radius 1 is 1.05 bits per heavy atom. The summed E-state index contributed by atoms with van der Waals surface area (Å²) in [7, 11) is 0. The van der Waals surface area contributed by atoms with Crippen molar-refractivity contribution in [2.24, 2.45) is 9.98 Å². The molecule has 0 N–H and O–H groups in total. The highest BCUT2D eigenvalue weighted by molar-refractivity contribution is 6.30. The van der Waals surface area contributed by atoms with Gasteiger partial charge in [0.15, 0.2) is 6.10 Å². The molecule has 11 heteroatoms. The van der Waals surface area contributed by atoms with Crippen LogP contribution >= 0.6 is 11.6 Å². The molecule has 0 aromatic heterocycles. The van der Waals surface area contributed by atoms with Crippen LogP contribution in [0.1, 0.15) is 54.4 Å². The Morgan fingerprint density at radius 2 is 1.78 bits per heavy atom. The highest BCUT2D eigenvalue weighted by Gasteiger charge is 2.39. The standard InChI is InChI=1S/C26H24ClF6N2O2/c1-2-15(16-3-7-19(27)8-4-16)12-22-23(37-14-34-22)24-35-20(13-36-24)9-5-17-11-18(25(28,29)30)6-10-21(17)26(31,32)33/h3-4,6-8,10-11,15,20,22-23H,2,5,9,12-13H2,1H3. The van der Waals surface area contributed by atoms with Crippen LogP contribution in [0.5, 0.6) is 0 Å². The van der Waals surface area contributed by atoms with Crippen LogP contribution in [0, 0.1) is 0 Å². The highest BCUT2D eigenvalue weighted by atomic mass is 35.5. The van der Waals surface area contributed by atoms with Crippen molar-refractivity contribution in [3.8, 4) is 0 Å². The van der Waals surface area contributed by atoms with Crippen LogP contribution in [-0.4, -0.2) is 37.1 Å². The van der Waals surface area contributed by atoms with Gasteiger partial charge < -0.3 is 9.47 Å². The first kappa shape index (κ1) is 27.3. The molecule has 4 nitrogen and oxygen atoms in total. The summed E-state index contributed by atoms with van der Waals surface area (Å²) >= 11 is 5.99. The van der Waals surface area contributed by atoms with Crippen LogP contribution < -0.4 is 0 Å². The number of aryl methyl sites for hydroxylation is 1. The predicted octanol–water partition coefficient (Wildman–Crippen LogP) is 7.36. The molecule has 0 saturated heterocycles. The number of alkyl halides is 6. The van der Waals surface area contributed by atoms with Crippen LogP contribution in [0.25, 0.3) is 0 Å². The van der Waals surface area contributed by atoms with E-state index in [0.717, 1.165) is 12.0 Å². The normalized spacial score (nSPS) is 22.5. The summed E-state index contributed by atoms with van der Waals surface area (Å²) in [5, 5.41) is 0.638. The summed E-state index contributed by atoms with van der Waals surface area (Å²) in [5.41, 5.74) is -1.53. The van der Waals surface area contributed by atoms with Crippen LogP contribution in [0.3, 0.4) is 0 Å². The number of benzene rings is 2. The Labute approximate surface area is 215 Å². The van der Waals surface area contributed by atoms with Crippen LogP contribution in [-0.2, 0) is 28.2 Å². The van der Waals surface area contributed by atoms with Gasteiger partial charge >= 0.3 is 12.4 Å². The van der Waals surface area contributed by atoms with Gasteiger partial charge in [-0.1, -0.05) is 30.7 Å². The van der Waals surface area contributed by atoms with E-state index in [1.54, 1.807) is 0 Å². The first-order valence-corrected chi connectivity index (χ1v) is 12.2. The summed E-state index contributed by atoms with van der Waals surface area (Å²) < 4.78 is 90.6. The fourth-order valence-electron chi connectivity index (χ4n) is 4.57. The van der Waals surface area contributed by atoms with Gasteiger partial charge in [-0.25, -0.2) is 9.98 Å². The van der Waals surface area contributed by atoms with Crippen molar-refractivity contribution in [3.63, 3.8) is 0 Å². The second kappa shape index (κ2) is 10.9. The maximum atomic E-state index is 13.4. The van der Waals surface area contributed by atoms with E-state index in [0.29, 0.717) is 29.6 Å². The summed E-state index contributed by atoms with van der Waals surface area (Å²) in [6.45, 7) is 2.15. The molecular formula is C26H24ClF6N2O2. The van der Waals surface area contributed by atoms with E-state index in [-0.39, 0.29) is 37.3 Å². The van der Waals surface area contributed by atoms with Crippen LogP contribution in [0.2, 0.25) is 5.02 Å². The molecule has 1 radical (unpaired) electrons. The summed E-state index contributed by atoms with van der Waals surface area (Å²) in [6, 6.07) is 8.20. The zero-order chi connectivity index (χ0) is 26.8. The maximum Gasteiger partial charge on any atom is 0.416 e. The molecule has 2 aliphatic rings. The fourth-order valence-corrected chi connectivity index (χ4v) is 4.70.